The van der Waals surface area contributed by atoms with Crippen molar-refractivity contribution >= 4 is 5.97 Å². The normalized spacial score (nSPS) is 11.4. The third-order valence-electron chi connectivity index (χ3n) is 3.70. The van der Waals surface area contributed by atoms with E-state index in [1.165, 1.54) is 5.57 Å². The van der Waals surface area contributed by atoms with Crippen molar-refractivity contribution in [3.63, 3.8) is 0 Å². The molecule has 0 heterocycles. The molecule has 0 saturated carbocycles. The van der Waals surface area contributed by atoms with Crippen molar-refractivity contribution < 1.29 is 9.90 Å². The summed E-state index contributed by atoms with van der Waals surface area (Å²) in [6.45, 7) is 13.1. The Kier molecular flexibility index (Phi) is 9.62. The van der Waals surface area contributed by atoms with Crippen molar-refractivity contribution in [1.29, 1.82) is 0 Å². The molecule has 0 radical (unpaired) electrons. The van der Waals surface area contributed by atoms with Crippen LogP contribution in [0.3, 0.4) is 0 Å². The SMILES string of the molecule is CC(C)CCC(CCC(C)C)=C(CCC(C)C)C(=O)O. The molecule has 0 saturated heterocycles. The van der Waals surface area contributed by atoms with Gasteiger partial charge in [-0.3, -0.25) is 0 Å². The average Bonchev–Trinajstić information content (AvgIpc) is 2.30. The van der Waals surface area contributed by atoms with Crippen LogP contribution >= 0.6 is 0 Å². The second-order valence-electron chi connectivity index (χ2n) is 7.18. The van der Waals surface area contributed by atoms with Crippen LogP contribution in [0.1, 0.15) is 80.1 Å². The van der Waals surface area contributed by atoms with Gasteiger partial charge in [0, 0.05) is 5.57 Å². The minimum atomic E-state index is -0.701. The monoisotopic (exact) mass is 282 g/mol. The molecule has 0 bridgehead atoms. The van der Waals surface area contributed by atoms with E-state index in [-0.39, 0.29) is 0 Å². The number of hydrogen-bond donors (Lipinski definition) is 1. The van der Waals surface area contributed by atoms with E-state index in [1.54, 1.807) is 0 Å². The van der Waals surface area contributed by atoms with E-state index in [0.717, 1.165) is 38.5 Å². The Balaban J connectivity index is 4.99. The Morgan fingerprint density at radius 2 is 1.10 bits per heavy atom. The lowest BCUT2D eigenvalue weighted by Gasteiger charge is -2.16. The number of carbonyl (C=O) groups is 1. The van der Waals surface area contributed by atoms with Crippen LogP contribution in [-0.4, -0.2) is 11.1 Å². The van der Waals surface area contributed by atoms with Gasteiger partial charge in [0.1, 0.15) is 0 Å². The number of rotatable bonds is 10. The van der Waals surface area contributed by atoms with Crippen molar-refractivity contribution in [1.82, 2.24) is 0 Å². The van der Waals surface area contributed by atoms with Crippen LogP contribution < -0.4 is 0 Å². The van der Waals surface area contributed by atoms with Crippen molar-refractivity contribution in [3.8, 4) is 0 Å². The first-order chi connectivity index (χ1) is 9.23. The smallest absolute Gasteiger partial charge is 0.331 e. The quantitative estimate of drug-likeness (QED) is 0.524. The van der Waals surface area contributed by atoms with Gasteiger partial charge in [0.05, 0.1) is 0 Å². The Hall–Kier alpha value is -0.790. The zero-order valence-corrected chi connectivity index (χ0v) is 14.3. The van der Waals surface area contributed by atoms with Crippen LogP contribution in [0.2, 0.25) is 0 Å². The molecule has 0 aliphatic rings. The largest absolute Gasteiger partial charge is 0.478 e. The second kappa shape index (κ2) is 10.0. The van der Waals surface area contributed by atoms with Gasteiger partial charge in [0.15, 0.2) is 0 Å². The molecule has 0 aliphatic carbocycles. The molecular weight excluding hydrogens is 248 g/mol. The zero-order chi connectivity index (χ0) is 15.7. The highest BCUT2D eigenvalue weighted by Gasteiger charge is 2.15. The molecule has 20 heavy (non-hydrogen) atoms. The Morgan fingerprint density at radius 3 is 1.40 bits per heavy atom. The van der Waals surface area contributed by atoms with Gasteiger partial charge in [0.25, 0.3) is 0 Å². The molecule has 0 atom stereocenters. The first-order valence-corrected chi connectivity index (χ1v) is 8.18. The van der Waals surface area contributed by atoms with Crippen LogP contribution in [0, 0.1) is 17.8 Å². The Bertz CT molecular complexity index is 297. The summed E-state index contributed by atoms with van der Waals surface area (Å²) in [4.78, 5) is 11.6. The van der Waals surface area contributed by atoms with E-state index >= 15 is 0 Å². The lowest BCUT2D eigenvalue weighted by atomic mass is 9.90. The van der Waals surface area contributed by atoms with E-state index in [9.17, 15) is 9.90 Å². The summed E-state index contributed by atoms with van der Waals surface area (Å²) in [5.74, 6) is 1.11. The van der Waals surface area contributed by atoms with Gasteiger partial charge in [-0.05, 0) is 56.3 Å². The second-order valence-corrected chi connectivity index (χ2v) is 7.18. The maximum absolute atomic E-state index is 11.6. The molecule has 0 aromatic carbocycles. The van der Waals surface area contributed by atoms with Crippen LogP contribution in [0.5, 0.6) is 0 Å². The lowest BCUT2D eigenvalue weighted by Crippen LogP contribution is -2.08. The highest BCUT2D eigenvalue weighted by atomic mass is 16.4. The molecular formula is C18H34O2. The highest BCUT2D eigenvalue weighted by molar-refractivity contribution is 5.87. The molecule has 118 valence electrons. The lowest BCUT2D eigenvalue weighted by molar-refractivity contribution is -0.132. The molecule has 0 aromatic heterocycles. The van der Waals surface area contributed by atoms with E-state index in [4.69, 9.17) is 0 Å². The number of carboxylic acid groups (broad SMARTS) is 1. The molecule has 0 unspecified atom stereocenters. The molecule has 2 heteroatoms. The van der Waals surface area contributed by atoms with E-state index < -0.39 is 5.97 Å². The minimum Gasteiger partial charge on any atom is -0.478 e. The van der Waals surface area contributed by atoms with Crippen LogP contribution in [0.4, 0.5) is 0 Å². The average molecular weight is 282 g/mol. The topological polar surface area (TPSA) is 37.3 Å². The predicted octanol–water partition coefficient (Wildman–Crippen LogP) is 5.68. The van der Waals surface area contributed by atoms with Gasteiger partial charge in [-0.25, -0.2) is 4.79 Å². The van der Waals surface area contributed by atoms with Crippen molar-refractivity contribution in [2.75, 3.05) is 0 Å². The summed E-state index contributed by atoms with van der Waals surface area (Å²) in [5, 5.41) is 9.53. The van der Waals surface area contributed by atoms with Gasteiger partial charge in [0.2, 0.25) is 0 Å². The molecule has 2 nitrogen and oxygen atoms in total. The molecule has 0 aromatic rings. The summed E-state index contributed by atoms with van der Waals surface area (Å²) in [6.07, 6.45) is 5.76. The van der Waals surface area contributed by atoms with Crippen LogP contribution in [-0.2, 0) is 4.79 Å². The van der Waals surface area contributed by atoms with Crippen LogP contribution in [0.25, 0.3) is 0 Å². The number of carboxylic acids is 1. The maximum atomic E-state index is 11.6. The van der Waals surface area contributed by atoms with Crippen LogP contribution in [0.15, 0.2) is 11.1 Å². The number of hydrogen-bond acceptors (Lipinski definition) is 1. The maximum Gasteiger partial charge on any atom is 0.331 e. The van der Waals surface area contributed by atoms with E-state index in [2.05, 4.69) is 41.5 Å². The summed E-state index contributed by atoms with van der Waals surface area (Å²) in [6, 6.07) is 0. The molecule has 1 N–H and O–H groups in total. The fourth-order valence-electron chi connectivity index (χ4n) is 2.22. The summed E-state index contributed by atoms with van der Waals surface area (Å²) < 4.78 is 0. The fourth-order valence-corrected chi connectivity index (χ4v) is 2.22. The first-order valence-electron chi connectivity index (χ1n) is 8.18. The summed E-state index contributed by atoms with van der Waals surface area (Å²) in [7, 11) is 0. The summed E-state index contributed by atoms with van der Waals surface area (Å²) >= 11 is 0. The Labute approximate surface area is 125 Å². The van der Waals surface area contributed by atoms with E-state index in [1.807, 2.05) is 0 Å². The summed E-state index contributed by atoms with van der Waals surface area (Å²) in [5.41, 5.74) is 1.89. The molecule has 0 aliphatic heterocycles. The van der Waals surface area contributed by atoms with Gasteiger partial charge in [-0.15, -0.1) is 0 Å². The minimum absolute atomic E-state index is 0.556. The highest BCUT2D eigenvalue weighted by Crippen LogP contribution is 2.26. The van der Waals surface area contributed by atoms with E-state index in [0.29, 0.717) is 23.3 Å². The van der Waals surface area contributed by atoms with Crippen molar-refractivity contribution in [2.45, 2.75) is 80.1 Å². The van der Waals surface area contributed by atoms with Crippen molar-refractivity contribution in [3.05, 3.63) is 11.1 Å². The van der Waals surface area contributed by atoms with Crippen molar-refractivity contribution in [2.24, 2.45) is 17.8 Å². The molecule has 0 fully saturated rings. The third kappa shape index (κ3) is 9.17. The molecule has 0 rings (SSSR count). The van der Waals surface area contributed by atoms with Gasteiger partial charge < -0.3 is 5.11 Å². The molecule has 0 spiro atoms. The van der Waals surface area contributed by atoms with Gasteiger partial charge in [-0.2, -0.15) is 0 Å². The predicted molar refractivity (Wildman–Crippen MR) is 86.9 cm³/mol. The Morgan fingerprint density at radius 1 is 0.750 bits per heavy atom. The standard InChI is InChI=1S/C18H34O2/c1-13(2)7-10-16(11-8-14(3)4)17(18(19)20)12-9-15(5)6/h13-15H,7-12H2,1-6H3,(H,19,20). The number of aliphatic carboxylic acids is 1. The first kappa shape index (κ1) is 19.2. The van der Waals surface area contributed by atoms with Gasteiger partial charge in [-0.1, -0.05) is 47.1 Å². The molecule has 0 amide bonds. The third-order valence-corrected chi connectivity index (χ3v) is 3.70. The fraction of sp³-hybridized carbons (Fsp3) is 0.833. The number of allylic oxidation sites excluding steroid dienone is 1. The zero-order valence-electron chi connectivity index (χ0n) is 14.3. The van der Waals surface area contributed by atoms with Gasteiger partial charge >= 0.3 is 5.97 Å².